The zero-order chi connectivity index (χ0) is 18.7. The van der Waals surface area contributed by atoms with Gasteiger partial charge in [0.2, 0.25) is 5.91 Å². The van der Waals surface area contributed by atoms with Gasteiger partial charge >= 0.3 is 0 Å². The molecule has 2 aromatic carbocycles. The topological polar surface area (TPSA) is 41.1 Å². The maximum atomic E-state index is 12.2. The van der Waals surface area contributed by atoms with Crippen LogP contribution in [0.5, 0.6) is 0 Å². The molecule has 1 aliphatic carbocycles. The first-order chi connectivity index (χ1) is 13.3. The molecule has 0 radical (unpaired) electrons. The maximum absolute atomic E-state index is 12.2. The Labute approximate surface area is 163 Å². The van der Waals surface area contributed by atoms with Crippen LogP contribution >= 0.6 is 0 Å². The summed E-state index contributed by atoms with van der Waals surface area (Å²) >= 11 is 0. The Morgan fingerprint density at radius 2 is 1.48 bits per heavy atom. The summed E-state index contributed by atoms with van der Waals surface area (Å²) in [7, 11) is 0. The first kappa shape index (κ1) is 19.6. The van der Waals surface area contributed by atoms with Crippen LogP contribution in [0.3, 0.4) is 0 Å². The molecule has 0 heterocycles. The molecular weight excluding hydrogens is 332 g/mol. The highest BCUT2D eigenvalue weighted by Crippen LogP contribution is 2.27. The first-order valence-corrected chi connectivity index (χ1v) is 10.4. The average molecular weight is 365 g/mol. The van der Waals surface area contributed by atoms with E-state index in [9.17, 15) is 4.79 Å². The lowest BCUT2D eigenvalue weighted by atomic mass is 9.88. The van der Waals surface area contributed by atoms with Gasteiger partial charge < -0.3 is 10.6 Å². The lowest BCUT2D eigenvalue weighted by Crippen LogP contribution is -2.37. The highest BCUT2D eigenvalue weighted by molar-refractivity contribution is 5.77. The van der Waals surface area contributed by atoms with Crippen LogP contribution in [0.25, 0.3) is 0 Å². The number of benzene rings is 2. The Hall–Kier alpha value is -2.13. The standard InChI is InChI=1S/C24H32N2O/c27-24(19-25-18-20-10-4-1-5-11-20)26-17-16-23(21-12-6-2-7-13-21)22-14-8-3-9-15-22/h2-3,6-9,12-15,20,23,25H,1,4-5,10-11,16-19H2,(H,26,27). The second-order valence-electron chi connectivity index (χ2n) is 7.65. The Morgan fingerprint density at radius 3 is 2.07 bits per heavy atom. The van der Waals surface area contributed by atoms with E-state index in [0.29, 0.717) is 19.0 Å². The predicted molar refractivity (Wildman–Crippen MR) is 112 cm³/mol. The number of hydrogen-bond acceptors (Lipinski definition) is 2. The third-order valence-corrected chi connectivity index (χ3v) is 5.60. The molecule has 144 valence electrons. The number of amides is 1. The molecule has 3 heteroatoms. The van der Waals surface area contributed by atoms with Crippen LogP contribution in [0.4, 0.5) is 0 Å². The molecule has 2 aromatic rings. The zero-order valence-electron chi connectivity index (χ0n) is 16.2. The number of carbonyl (C=O) groups excluding carboxylic acids is 1. The fourth-order valence-electron chi connectivity index (χ4n) is 4.10. The lowest BCUT2D eigenvalue weighted by Gasteiger charge is -2.21. The summed E-state index contributed by atoms with van der Waals surface area (Å²) in [5.41, 5.74) is 2.60. The molecule has 0 atom stereocenters. The zero-order valence-corrected chi connectivity index (χ0v) is 16.2. The van der Waals surface area contributed by atoms with Crippen LogP contribution in [0, 0.1) is 5.92 Å². The smallest absolute Gasteiger partial charge is 0.233 e. The van der Waals surface area contributed by atoms with Crippen molar-refractivity contribution in [2.45, 2.75) is 44.4 Å². The normalized spacial score (nSPS) is 15.0. The third-order valence-electron chi connectivity index (χ3n) is 5.60. The molecule has 1 saturated carbocycles. The Kier molecular flexibility index (Phi) is 7.91. The molecule has 0 aliphatic heterocycles. The lowest BCUT2D eigenvalue weighted by molar-refractivity contribution is -0.120. The maximum Gasteiger partial charge on any atom is 0.233 e. The summed E-state index contributed by atoms with van der Waals surface area (Å²) in [6, 6.07) is 21.1. The summed E-state index contributed by atoms with van der Waals surface area (Å²) in [5.74, 6) is 1.17. The van der Waals surface area contributed by atoms with Gasteiger partial charge in [-0.05, 0) is 42.9 Å². The number of hydrogen-bond donors (Lipinski definition) is 2. The number of nitrogens with one attached hydrogen (secondary N) is 2. The molecule has 3 nitrogen and oxygen atoms in total. The minimum Gasteiger partial charge on any atom is -0.355 e. The molecule has 27 heavy (non-hydrogen) atoms. The predicted octanol–water partition coefficient (Wildman–Crippen LogP) is 4.49. The SMILES string of the molecule is O=C(CNCC1CCCCC1)NCCC(c1ccccc1)c1ccccc1. The Bertz CT molecular complexity index is 626. The molecule has 1 fully saturated rings. The minimum absolute atomic E-state index is 0.102. The second kappa shape index (κ2) is 10.9. The van der Waals surface area contributed by atoms with E-state index < -0.39 is 0 Å². The van der Waals surface area contributed by atoms with Crippen molar-refractivity contribution in [3.63, 3.8) is 0 Å². The van der Waals surface area contributed by atoms with Crippen molar-refractivity contribution < 1.29 is 4.79 Å². The molecule has 1 amide bonds. The first-order valence-electron chi connectivity index (χ1n) is 10.4. The van der Waals surface area contributed by atoms with Crippen LogP contribution in [0.15, 0.2) is 60.7 Å². The van der Waals surface area contributed by atoms with Crippen LogP contribution < -0.4 is 10.6 Å². The quantitative estimate of drug-likeness (QED) is 0.688. The van der Waals surface area contributed by atoms with E-state index >= 15 is 0 Å². The van der Waals surface area contributed by atoms with Gasteiger partial charge in [-0.15, -0.1) is 0 Å². The van der Waals surface area contributed by atoms with Crippen LogP contribution in [-0.4, -0.2) is 25.5 Å². The summed E-state index contributed by atoms with van der Waals surface area (Å²) in [5, 5.41) is 6.43. The monoisotopic (exact) mass is 364 g/mol. The molecule has 0 unspecified atom stereocenters. The van der Waals surface area contributed by atoms with Crippen LogP contribution in [0.1, 0.15) is 55.6 Å². The third kappa shape index (κ3) is 6.51. The van der Waals surface area contributed by atoms with Crippen LogP contribution in [-0.2, 0) is 4.79 Å². The molecule has 0 bridgehead atoms. The van der Waals surface area contributed by atoms with E-state index in [-0.39, 0.29) is 5.91 Å². The van der Waals surface area contributed by atoms with Crippen LogP contribution in [0.2, 0.25) is 0 Å². The largest absolute Gasteiger partial charge is 0.355 e. The van der Waals surface area contributed by atoms with E-state index in [1.807, 2.05) is 12.1 Å². The summed E-state index contributed by atoms with van der Waals surface area (Å²) in [6.07, 6.45) is 7.59. The fourth-order valence-corrected chi connectivity index (χ4v) is 4.10. The minimum atomic E-state index is 0.102. The summed E-state index contributed by atoms with van der Waals surface area (Å²) < 4.78 is 0. The molecule has 1 aliphatic rings. The van der Waals surface area contributed by atoms with Crippen molar-refractivity contribution in [2.24, 2.45) is 5.92 Å². The number of carbonyl (C=O) groups is 1. The van der Waals surface area contributed by atoms with Gasteiger partial charge in [-0.3, -0.25) is 4.79 Å². The highest BCUT2D eigenvalue weighted by Gasteiger charge is 2.15. The van der Waals surface area contributed by atoms with Gasteiger partial charge in [0, 0.05) is 12.5 Å². The highest BCUT2D eigenvalue weighted by atomic mass is 16.1. The molecular formula is C24H32N2O. The van der Waals surface area contributed by atoms with Gasteiger partial charge in [0.05, 0.1) is 6.54 Å². The Morgan fingerprint density at radius 1 is 0.889 bits per heavy atom. The molecule has 3 rings (SSSR count). The van der Waals surface area contributed by atoms with Gasteiger partial charge in [-0.1, -0.05) is 79.9 Å². The van der Waals surface area contributed by atoms with E-state index in [1.165, 1.54) is 43.2 Å². The van der Waals surface area contributed by atoms with E-state index in [0.717, 1.165) is 18.9 Å². The van der Waals surface area contributed by atoms with Gasteiger partial charge in [0.25, 0.3) is 0 Å². The summed E-state index contributed by atoms with van der Waals surface area (Å²) in [4.78, 5) is 12.2. The van der Waals surface area contributed by atoms with Gasteiger partial charge in [0.15, 0.2) is 0 Å². The van der Waals surface area contributed by atoms with Gasteiger partial charge in [-0.2, -0.15) is 0 Å². The molecule has 0 saturated heterocycles. The van der Waals surface area contributed by atoms with E-state index in [4.69, 9.17) is 0 Å². The summed E-state index contributed by atoms with van der Waals surface area (Å²) in [6.45, 7) is 2.10. The van der Waals surface area contributed by atoms with Gasteiger partial charge in [-0.25, -0.2) is 0 Å². The van der Waals surface area contributed by atoms with Gasteiger partial charge in [0.1, 0.15) is 0 Å². The molecule has 0 spiro atoms. The number of rotatable bonds is 9. The van der Waals surface area contributed by atoms with Crippen molar-refractivity contribution >= 4 is 5.91 Å². The van der Waals surface area contributed by atoms with Crippen molar-refractivity contribution in [3.8, 4) is 0 Å². The Balaban J connectivity index is 1.44. The van der Waals surface area contributed by atoms with Crippen molar-refractivity contribution in [1.82, 2.24) is 10.6 Å². The van der Waals surface area contributed by atoms with Crippen molar-refractivity contribution in [1.29, 1.82) is 0 Å². The average Bonchev–Trinajstić information content (AvgIpc) is 2.73. The molecule has 0 aromatic heterocycles. The molecule has 2 N–H and O–H groups in total. The fraction of sp³-hybridized carbons (Fsp3) is 0.458. The van der Waals surface area contributed by atoms with Crippen molar-refractivity contribution in [3.05, 3.63) is 71.8 Å². The van der Waals surface area contributed by atoms with Crippen molar-refractivity contribution in [2.75, 3.05) is 19.6 Å². The second-order valence-corrected chi connectivity index (χ2v) is 7.65. The van der Waals surface area contributed by atoms with E-state index in [1.54, 1.807) is 0 Å². The van der Waals surface area contributed by atoms with E-state index in [2.05, 4.69) is 59.2 Å².